The fraction of sp³-hybridized carbons (Fsp3) is 0.318. The summed E-state index contributed by atoms with van der Waals surface area (Å²) in [6.45, 7) is 6.64. The number of guanidine groups is 1. The highest BCUT2D eigenvalue weighted by molar-refractivity contribution is 14.0. The van der Waals surface area contributed by atoms with Crippen LogP contribution < -0.4 is 15.4 Å². The molecule has 3 rings (SSSR count). The number of aromatic nitrogens is 3. The highest BCUT2D eigenvalue weighted by Crippen LogP contribution is 2.27. The number of rotatable bonds is 9. The Labute approximate surface area is 199 Å². The van der Waals surface area contributed by atoms with Gasteiger partial charge in [0.05, 0.1) is 6.54 Å². The van der Waals surface area contributed by atoms with Crippen LogP contribution in [0, 0.1) is 5.82 Å². The summed E-state index contributed by atoms with van der Waals surface area (Å²) in [5.74, 6) is 2.03. The number of hydrogen-bond acceptors (Lipinski definition) is 4. The molecule has 0 aliphatic heterocycles. The van der Waals surface area contributed by atoms with Crippen molar-refractivity contribution in [2.45, 2.75) is 33.4 Å². The fourth-order valence-corrected chi connectivity index (χ4v) is 2.92. The molecule has 0 spiro atoms. The fourth-order valence-electron chi connectivity index (χ4n) is 2.92. The third-order valence-electron chi connectivity index (χ3n) is 4.44. The first-order chi connectivity index (χ1) is 14.7. The van der Waals surface area contributed by atoms with E-state index in [1.807, 2.05) is 35.8 Å². The molecule has 3 aromatic rings. The maximum absolute atomic E-state index is 13.9. The van der Waals surface area contributed by atoms with E-state index in [0.717, 1.165) is 30.9 Å². The zero-order valence-electron chi connectivity index (χ0n) is 17.7. The van der Waals surface area contributed by atoms with Crippen molar-refractivity contribution in [2.75, 3.05) is 13.1 Å². The van der Waals surface area contributed by atoms with Gasteiger partial charge in [0, 0.05) is 31.6 Å². The van der Waals surface area contributed by atoms with Crippen LogP contribution in [0.3, 0.4) is 0 Å². The molecule has 0 fully saturated rings. The van der Waals surface area contributed by atoms with E-state index in [9.17, 15) is 4.39 Å². The van der Waals surface area contributed by atoms with Crippen molar-refractivity contribution in [2.24, 2.45) is 4.99 Å². The molecule has 0 saturated heterocycles. The van der Waals surface area contributed by atoms with Gasteiger partial charge in [-0.3, -0.25) is 0 Å². The molecule has 31 heavy (non-hydrogen) atoms. The molecule has 1 heterocycles. The van der Waals surface area contributed by atoms with Gasteiger partial charge in [-0.25, -0.2) is 9.38 Å². The standard InChI is InChI=1S/C22H27FN6O.HI/c1-3-21-28-27-16-29(21)14-13-25-22(24-4-2)26-15-17-9-5-7-11-19(17)30-20-12-8-6-10-18(20)23;/h5-12,16H,3-4,13-15H2,1-2H3,(H2,24,25,26);1H. The first-order valence-corrected chi connectivity index (χ1v) is 10.1. The molecule has 166 valence electrons. The molecule has 0 radical (unpaired) electrons. The van der Waals surface area contributed by atoms with Crippen LogP contribution in [0.2, 0.25) is 0 Å². The molecular formula is C22H28FIN6O. The number of hydrogen-bond donors (Lipinski definition) is 2. The van der Waals surface area contributed by atoms with Crippen molar-refractivity contribution >= 4 is 29.9 Å². The van der Waals surface area contributed by atoms with Crippen LogP contribution in [0.15, 0.2) is 59.9 Å². The van der Waals surface area contributed by atoms with Gasteiger partial charge in [0.1, 0.15) is 17.9 Å². The average Bonchev–Trinajstić information content (AvgIpc) is 3.22. The molecule has 9 heteroatoms. The second kappa shape index (κ2) is 12.9. The van der Waals surface area contributed by atoms with Crippen molar-refractivity contribution < 1.29 is 9.13 Å². The summed E-state index contributed by atoms with van der Waals surface area (Å²) in [6.07, 6.45) is 2.58. The van der Waals surface area contributed by atoms with E-state index in [4.69, 9.17) is 4.74 Å². The Balaban J connectivity index is 0.00000341. The molecule has 0 aliphatic rings. The maximum atomic E-state index is 13.9. The number of halogens is 2. The zero-order valence-corrected chi connectivity index (χ0v) is 20.0. The van der Waals surface area contributed by atoms with Gasteiger partial charge in [-0.2, -0.15) is 0 Å². The van der Waals surface area contributed by atoms with Crippen LogP contribution in [-0.4, -0.2) is 33.8 Å². The molecule has 0 atom stereocenters. The van der Waals surface area contributed by atoms with E-state index in [2.05, 4.69) is 32.7 Å². The predicted molar refractivity (Wildman–Crippen MR) is 131 cm³/mol. The molecule has 0 unspecified atom stereocenters. The number of nitrogens with one attached hydrogen (secondary N) is 2. The lowest BCUT2D eigenvalue weighted by Gasteiger charge is -2.13. The normalized spacial score (nSPS) is 11.0. The van der Waals surface area contributed by atoms with E-state index < -0.39 is 5.82 Å². The summed E-state index contributed by atoms with van der Waals surface area (Å²) in [7, 11) is 0. The van der Waals surface area contributed by atoms with E-state index in [-0.39, 0.29) is 29.7 Å². The monoisotopic (exact) mass is 538 g/mol. The molecule has 2 N–H and O–H groups in total. The third-order valence-corrected chi connectivity index (χ3v) is 4.44. The molecule has 0 aliphatic carbocycles. The van der Waals surface area contributed by atoms with E-state index >= 15 is 0 Å². The van der Waals surface area contributed by atoms with Crippen LogP contribution >= 0.6 is 24.0 Å². The van der Waals surface area contributed by atoms with Gasteiger partial charge in [-0.1, -0.05) is 37.3 Å². The second-order valence-corrected chi connectivity index (χ2v) is 6.56. The largest absolute Gasteiger partial charge is 0.454 e. The summed E-state index contributed by atoms with van der Waals surface area (Å²) in [4.78, 5) is 4.65. The molecule has 7 nitrogen and oxygen atoms in total. The summed E-state index contributed by atoms with van der Waals surface area (Å²) >= 11 is 0. The number of ether oxygens (including phenoxy) is 1. The van der Waals surface area contributed by atoms with E-state index in [0.29, 0.717) is 24.8 Å². The third kappa shape index (κ3) is 7.20. The van der Waals surface area contributed by atoms with Crippen LogP contribution in [0.1, 0.15) is 25.2 Å². The van der Waals surface area contributed by atoms with E-state index in [1.165, 1.54) is 6.07 Å². The van der Waals surface area contributed by atoms with Crippen molar-refractivity contribution in [1.82, 2.24) is 25.4 Å². The minimum Gasteiger partial charge on any atom is -0.454 e. The number of aryl methyl sites for hydroxylation is 1. The highest BCUT2D eigenvalue weighted by atomic mass is 127. The lowest BCUT2D eigenvalue weighted by Crippen LogP contribution is -2.38. The number of nitrogens with zero attached hydrogens (tertiary/aromatic N) is 4. The molecule has 2 aromatic carbocycles. The van der Waals surface area contributed by atoms with Crippen LogP contribution in [0.5, 0.6) is 11.5 Å². The van der Waals surface area contributed by atoms with Crippen molar-refractivity contribution in [1.29, 1.82) is 0 Å². The highest BCUT2D eigenvalue weighted by Gasteiger charge is 2.08. The Morgan fingerprint density at radius 3 is 2.55 bits per heavy atom. The number of para-hydroxylation sites is 2. The van der Waals surface area contributed by atoms with Crippen LogP contribution in [-0.2, 0) is 19.5 Å². The Kier molecular flexibility index (Phi) is 10.2. The molecule has 1 aromatic heterocycles. The smallest absolute Gasteiger partial charge is 0.191 e. The maximum Gasteiger partial charge on any atom is 0.191 e. The quantitative estimate of drug-likeness (QED) is 0.243. The van der Waals surface area contributed by atoms with Crippen molar-refractivity contribution in [3.63, 3.8) is 0 Å². The Morgan fingerprint density at radius 2 is 1.81 bits per heavy atom. The predicted octanol–water partition coefficient (Wildman–Crippen LogP) is 4.15. The first-order valence-electron chi connectivity index (χ1n) is 10.1. The van der Waals surface area contributed by atoms with Gasteiger partial charge in [0.25, 0.3) is 0 Å². The van der Waals surface area contributed by atoms with Gasteiger partial charge in [0.2, 0.25) is 0 Å². The van der Waals surface area contributed by atoms with Crippen LogP contribution in [0.25, 0.3) is 0 Å². The molecule has 0 bridgehead atoms. The molecular weight excluding hydrogens is 510 g/mol. The Bertz CT molecular complexity index is 978. The number of benzene rings is 2. The average molecular weight is 538 g/mol. The minimum atomic E-state index is -0.397. The number of aliphatic imine (C=N–C) groups is 1. The Morgan fingerprint density at radius 1 is 1.06 bits per heavy atom. The minimum absolute atomic E-state index is 0. The van der Waals surface area contributed by atoms with E-state index in [1.54, 1.807) is 24.5 Å². The lowest BCUT2D eigenvalue weighted by molar-refractivity contribution is 0.438. The lowest BCUT2D eigenvalue weighted by atomic mass is 10.2. The molecule has 0 saturated carbocycles. The van der Waals surface area contributed by atoms with Gasteiger partial charge in [-0.15, -0.1) is 34.2 Å². The topological polar surface area (TPSA) is 76.4 Å². The molecule has 0 amide bonds. The Hall–Kier alpha value is -2.69. The van der Waals surface area contributed by atoms with Gasteiger partial charge < -0.3 is 19.9 Å². The van der Waals surface area contributed by atoms with Crippen molar-refractivity contribution in [3.05, 3.63) is 72.1 Å². The first kappa shape index (κ1) is 24.6. The second-order valence-electron chi connectivity index (χ2n) is 6.56. The summed E-state index contributed by atoms with van der Waals surface area (Å²) in [5, 5.41) is 14.6. The van der Waals surface area contributed by atoms with Gasteiger partial charge in [0.15, 0.2) is 17.5 Å². The van der Waals surface area contributed by atoms with Gasteiger partial charge >= 0.3 is 0 Å². The van der Waals surface area contributed by atoms with Crippen molar-refractivity contribution in [3.8, 4) is 11.5 Å². The summed E-state index contributed by atoms with van der Waals surface area (Å²) in [6, 6.07) is 13.9. The summed E-state index contributed by atoms with van der Waals surface area (Å²) in [5.41, 5.74) is 0.866. The van der Waals surface area contributed by atoms with Gasteiger partial charge in [-0.05, 0) is 25.1 Å². The van der Waals surface area contributed by atoms with Crippen LogP contribution in [0.4, 0.5) is 4.39 Å². The zero-order chi connectivity index (χ0) is 21.2. The SMILES string of the molecule is CCNC(=NCc1ccccc1Oc1ccccc1F)NCCn1cnnc1CC.I. The summed E-state index contributed by atoms with van der Waals surface area (Å²) < 4.78 is 21.8.